The molecular formula is C12H16ClFN2O. The number of benzene rings is 1. The summed E-state index contributed by atoms with van der Waals surface area (Å²) in [5.41, 5.74) is 5.94. The summed E-state index contributed by atoms with van der Waals surface area (Å²) in [7, 11) is 0. The predicted octanol–water partition coefficient (Wildman–Crippen LogP) is 2.08. The summed E-state index contributed by atoms with van der Waals surface area (Å²) < 4.78 is 13.1. The molecule has 94 valence electrons. The summed E-state index contributed by atoms with van der Waals surface area (Å²) in [6.45, 7) is 4.13. The third-order valence-electron chi connectivity index (χ3n) is 2.42. The number of halogens is 2. The Balaban J connectivity index is 2.68. The van der Waals surface area contributed by atoms with E-state index < -0.39 is 17.8 Å². The van der Waals surface area contributed by atoms with E-state index in [0.717, 1.165) is 0 Å². The Kier molecular flexibility index (Phi) is 4.90. The number of amides is 1. The quantitative estimate of drug-likeness (QED) is 0.850. The first-order valence-corrected chi connectivity index (χ1v) is 5.75. The Morgan fingerprint density at radius 2 is 2.12 bits per heavy atom. The maximum absolute atomic E-state index is 13.1. The van der Waals surface area contributed by atoms with Crippen molar-refractivity contribution in [1.82, 2.24) is 5.32 Å². The van der Waals surface area contributed by atoms with Crippen LogP contribution >= 0.6 is 11.6 Å². The van der Waals surface area contributed by atoms with Gasteiger partial charge >= 0.3 is 0 Å². The van der Waals surface area contributed by atoms with Crippen LogP contribution in [-0.4, -0.2) is 11.9 Å². The van der Waals surface area contributed by atoms with E-state index in [-0.39, 0.29) is 5.92 Å². The SMILES string of the molecule is CC(C)C(NCc1cc(F)cc(Cl)c1)C(N)=O. The molecule has 17 heavy (non-hydrogen) atoms. The minimum Gasteiger partial charge on any atom is -0.368 e. The molecule has 0 saturated heterocycles. The molecule has 1 rings (SSSR count). The summed E-state index contributed by atoms with van der Waals surface area (Å²) in [6, 6.07) is 3.82. The van der Waals surface area contributed by atoms with E-state index in [9.17, 15) is 9.18 Å². The summed E-state index contributed by atoms with van der Waals surface area (Å²) in [4.78, 5) is 11.2. The van der Waals surface area contributed by atoms with Crippen LogP contribution in [0, 0.1) is 11.7 Å². The van der Waals surface area contributed by atoms with Gasteiger partial charge in [0, 0.05) is 11.6 Å². The monoisotopic (exact) mass is 258 g/mol. The minimum absolute atomic E-state index is 0.0801. The molecule has 0 aromatic heterocycles. The second-order valence-electron chi connectivity index (χ2n) is 4.28. The minimum atomic E-state index is -0.433. The van der Waals surface area contributed by atoms with Crippen molar-refractivity contribution in [3.63, 3.8) is 0 Å². The topological polar surface area (TPSA) is 55.1 Å². The van der Waals surface area contributed by atoms with Crippen LogP contribution in [-0.2, 0) is 11.3 Å². The molecule has 5 heteroatoms. The fraction of sp³-hybridized carbons (Fsp3) is 0.417. The number of nitrogens with two attached hydrogens (primary N) is 1. The van der Waals surface area contributed by atoms with Crippen LogP contribution in [0.2, 0.25) is 5.02 Å². The second-order valence-corrected chi connectivity index (χ2v) is 4.72. The van der Waals surface area contributed by atoms with Crippen molar-refractivity contribution in [2.45, 2.75) is 26.4 Å². The molecule has 0 aliphatic heterocycles. The molecule has 0 aliphatic carbocycles. The molecule has 0 fully saturated rings. The first-order chi connectivity index (χ1) is 7.90. The van der Waals surface area contributed by atoms with Gasteiger partial charge < -0.3 is 11.1 Å². The van der Waals surface area contributed by atoms with E-state index in [1.807, 2.05) is 13.8 Å². The lowest BCUT2D eigenvalue weighted by Gasteiger charge is -2.19. The van der Waals surface area contributed by atoms with Gasteiger partial charge in [-0.15, -0.1) is 0 Å². The van der Waals surface area contributed by atoms with Crippen LogP contribution in [0.15, 0.2) is 18.2 Å². The van der Waals surface area contributed by atoms with Gasteiger partial charge in [-0.3, -0.25) is 4.79 Å². The lowest BCUT2D eigenvalue weighted by molar-refractivity contribution is -0.121. The van der Waals surface area contributed by atoms with E-state index in [1.165, 1.54) is 12.1 Å². The Labute approximate surface area is 105 Å². The highest BCUT2D eigenvalue weighted by Crippen LogP contribution is 2.14. The van der Waals surface area contributed by atoms with Gasteiger partial charge in [0.05, 0.1) is 6.04 Å². The highest BCUT2D eigenvalue weighted by atomic mass is 35.5. The molecule has 0 heterocycles. The van der Waals surface area contributed by atoms with Gasteiger partial charge in [0.2, 0.25) is 5.91 Å². The first-order valence-electron chi connectivity index (χ1n) is 5.38. The number of hydrogen-bond donors (Lipinski definition) is 2. The average molecular weight is 259 g/mol. The third kappa shape index (κ3) is 4.32. The van der Waals surface area contributed by atoms with Gasteiger partial charge in [-0.1, -0.05) is 25.4 Å². The molecule has 0 spiro atoms. The molecular weight excluding hydrogens is 243 g/mol. The van der Waals surface area contributed by atoms with E-state index in [2.05, 4.69) is 5.32 Å². The fourth-order valence-electron chi connectivity index (χ4n) is 1.61. The summed E-state index contributed by atoms with van der Waals surface area (Å²) in [5, 5.41) is 3.32. The van der Waals surface area contributed by atoms with E-state index in [1.54, 1.807) is 6.07 Å². The number of nitrogens with one attached hydrogen (secondary N) is 1. The lowest BCUT2D eigenvalue weighted by atomic mass is 10.0. The molecule has 3 nitrogen and oxygen atoms in total. The molecule has 1 aromatic rings. The van der Waals surface area contributed by atoms with Gasteiger partial charge in [0.1, 0.15) is 5.82 Å². The van der Waals surface area contributed by atoms with E-state index in [0.29, 0.717) is 17.1 Å². The lowest BCUT2D eigenvalue weighted by Crippen LogP contribution is -2.44. The molecule has 1 amide bonds. The largest absolute Gasteiger partial charge is 0.368 e. The number of carbonyl (C=O) groups excluding carboxylic acids is 1. The van der Waals surface area contributed by atoms with Crippen LogP contribution in [0.4, 0.5) is 4.39 Å². The van der Waals surface area contributed by atoms with Crippen LogP contribution in [0.1, 0.15) is 19.4 Å². The smallest absolute Gasteiger partial charge is 0.234 e. The van der Waals surface area contributed by atoms with E-state index >= 15 is 0 Å². The normalized spacial score (nSPS) is 12.8. The Morgan fingerprint density at radius 3 is 2.59 bits per heavy atom. The zero-order valence-corrected chi connectivity index (χ0v) is 10.6. The maximum Gasteiger partial charge on any atom is 0.234 e. The molecule has 0 saturated carbocycles. The van der Waals surface area contributed by atoms with Gasteiger partial charge in [-0.05, 0) is 29.7 Å². The van der Waals surface area contributed by atoms with E-state index in [4.69, 9.17) is 17.3 Å². The van der Waals surface area contributed by atoms with Crippen molar-refractivity contribution in [3.05, 3.63) is 34.6 Å². The average Bonchev–Trinajstić information content (AvgIpc) is 2.14. The van der Waals surface area contributed by atoms with Crippen molar-refractivity contribution in [1.29, 1.82) is 0 Å². The summed E-state index contributed by atoms with van der Waals surface area (Å²) in [5.74, 6) is -0.728. The Morgan fingerprint density at radius 1 is 1.47 bits per heavy atom. The third-order valence-corrected chi connectivity index (χ3v) is 2.64. The number of hydrogen-bond acceptors (Lipinski definition) is 2. The highest BCUT2D eigenvalue weighted by molar-refractivity contribution is 6.30. The molecule has 0 radical (unpaired) electrons. The van der Waals surface area contributed by atoms with Crippen LogP contribution in [0.25, 0.3) is 0 Å². The number of primary amides is 1. The van der Waals surface area contributed by atoms with Crippen molar-refractivity contribution in [3.8, 4) is 0 Å². The van der Waals surface area contributed by atoms with Crippen molar-refractivity contribution in [2.75, 3.05) is 0 Å². The Bertz CT molecular complexity index is 389. The molecule has 3 N–H and O–H groups in total. The molecule has 1 unspecified atom stereocenters. The number of rotatable bonds is 5. The first kappa shape index (κ1) is 13.9. The summed E-state index contributed by atoms with van der Waals surface area (Å²) in [6.07, 6.45) is 0. The van der Waals surface area contributed by atoms with Gasteiger partial charge in [0.25, 0.3) is 0 Å². The van der Waals surface area contributed by atoms with Crippen LogP contribution < -0.4 is 11.1 Å². The zero-order chi connectivity index (χ0) is 13.0. The summed E-state index contributed by atoms with van der Waals surface area (Å²) >= 11 is 5.73. The van der Waals surface area contributed by atoms with Crippen molar-refractivity contribution >= 4 is 17.5 Å². The van der Waals surface area contributed by atoms with Crippen molar-refractivity contribution < 1.29 is 9.18 Å². The van der Waals surface area contributed by atoms with Gasteiger partial charge in [-0.2, -0.15) is 0 Å². The standard InChI is InChI=1S/C12H16ClFN2O/c1-7(2)11(12(15)17)16-6-8-3-9(13)5-10(14)4-8/h3-5,7,11,16H,6H2,1-2H3,(H2,15,17). The van der Waals surface area contributed by atoms with Crippen LogP contribution in [0.5, 0.6) is 0 Å². The zero-order valence-electron chi connectivity index (χ0n) is 9.84. The molecule has 0 aliphatic rings. The Hall–Kier alpha value is -1.13. The maximum atomic E-state index is 13.1. The second kappa shape index (κ2) is 5.98. The molecule has 1 aromatic carbocycles. The van der Waals surface area contributed by atoms with Gasteiger partial charge in [0.15, 0.2) is 0 Å². The molecule has 1 atom stereocenters. The van der Waals surface area contributed by atoms with Crippen LogP contribution in [0.3, 0.4) is 0 Å². The fourth-order valence-corrected chi connectivity index (χ4v) is 1.85. The molecule has 0 bridgehead atoms. The van der Waals surface area contributed by atoms with Gasteiger partial charge in [-0.25, -0.2) is 4.39 Å². The predicted molar refractivity (Wildman–Crippen MR) is 66.1 cm³/mol. The number of carbonyl (C=O) groups is 1. The highest BCUT2D eigenvalue weighted by Gasteiger charge is 2.18. The van der Waals surface area contributed by atoms with Crippen molar-refractivity contribution in [2.24, 2.45) is 11.7 Å².